The standard InChI is InChI=1S/C26H24N2O3/c1-17-9-6-7-16-28(17)26(30)20-11-2-4-14-22(20)27-25(29)21-13-8-12-19-18-10-3-5-15-23(18)31-24(19)21/h2-5,8,10-15,17H,6-7,9,16H2,1H3,(H,27,29)/t17-/m0/s1. The van der Waals surface area contributed by atoms with Gasteiger partial charge in [0.2, 0.25) is 0 Å². The van der Waals surface area contributed by atoms with Gasteiger partial charge >= 0.3 is 0 Å². The quantitative estimate of drug-likeness (QED) is 0.459. The van der Waals surface area contributed by atoms with Crippen LogP contribution in [-0.2, 0) is 0 Å². The summed E-state index contributed by atoms with van der Waals surface area (Å²) in [7, 11) is 0. The Bertz CT molecular complexity index is 1290. The van der Waals surface area contributed by atoms with Crippen LogP contribution >= 0.6 is 0 Å². The summed E-state index contributed by atoms with van der Waals surface area (Å²) < 4.78 is 5.99. The molecule has 1 N–H and O–H groups in total. The van der Waals surface area contributed by atoms with E-state index < -0.39 is 0 Å². The van der Waals surface area contributed by atoms with Crippen LogP contribution in [-0.4, -0.2) is 29.3 Å². The molecule has 1 saturated heterocycles. The lowest BCUT2D eigenvalue weighted by Crippen LogP contribution is -2.42. The first kappa shape index (κ1) is 19.4. The van der Waals surface area contributed by atoms with Crippen LogP contribution in [0.2, 0.25) is 0 Å². The number of fused-ring (bicyclic) bond motifs is 3. The molecule has 4 aromatic rings. The smallest absolute Gasteiger partial charge is 0.259 e. The van der Waals surface area contributed by atoms with Gasteiger partial charge in [0.05, 0.1) is 16.8 Å². The van der Waals surface area contributed by atoms with E-state index in [1.165, 1.54) is 0 Å². The zero-order chi connectivity index (χ0) is 21.4. The number of piperidine rings is 1. The van der Waals surface area contributed by atoms with E-state index in [9.17, 15) is 9.59 Å². The van der Waals surface area contributed by atoms with Crippen molar-refractivity contribution in [3.8, 4) is 0 Å². The maximum absolute atomic E-state index is 13.2. The molecule has 2 heterocycles. The van der Waals surface area contributed by atoms with Gasteiger partial charge in [0, 0.05) is 23.4 Å². The van der Waals surface area contributed by atoms with Crippen LogP contribution in [0.25, 0.3) is 21.9 Å². The highest BCUT2D eigenvalue weighted by atomic mass is 16.3. The van der Waals surface area contributed by atoms with Gasteiger partial charge in [0.25, 0.3) is 11.8 Å². The molecule has 1 aliphatic heterocycles. The Morgan fingerprint density at radius 1 is 0.903 bits per heavy atom. The van der Waals surface area contributed by atoms with Crippen molar-refractivity contribution >= 4 is 39.4 Å². The Morgan fingerprint density at radius 2 is 1.65 bits per heavy atom. The van der Waals surface area contributed by atoms with Gasteiger partial charge in [0.1, 0.15) is 11.2 Å². The monoisotopic (exact) mass is 412 g/mol. The second kappa shape index (κ2) is 7.91. The molecule has 0 bridgehead atoms. The van der Waals surface area contributed by atoms with Crippen molar-refractivity contribution in [1.29, 1.82) is 0 Å². The highest BCUT2D eigenvalue weighted by Crippen LogP contribution is 2.31. The molecule has 0 unspecified atom stereocenters. The van der Waals surface area contributed by atoms with Crippen molar-refractivity contribution in [3.05, 3.63) is 77.9 Å². The maximum atomic E-state index is 13.2. The molecule has 3 aromatic carbocycles. The fourth-order valence-corrected chi connectivity index (χ4v) is 4.45. The molecular formula is C26H24N2O3. The van der Waals surface area contributed by atoms with Crippen LogP contribution in [0.3, 0.4) is 0 Å². The highest BCUT2D eigenvalue weighted by Gasteiger charge is 2.26. The van der Waals surface area contributed by atoms with Crippen LogP contribution in [0, 0.1) is 0 Å². The van der Waals surface area contributed by atoms with Crippen LogP contribution in [0.5, 0.6) is 0 Å². The third-order valence-electron chi connectivity index (χ3n) is 6.12. The summed E-state index contributed by atoms with van der Waals surface area (Å²) >= 11 is 0. The van der Waals surface area contributed by atoms with Gasteiger partial charge in [-0.3, -0.25) is 9.59 Å². The Labute approximate surface area is 180 Å². The van der Waals surface area contributed by atoms with E-state index in [2.05, 4.69) is 12.2 Å². The predicted molar refractivity (Wildman–Crippen MR) is 122 cm³/mol. The number of anilines is 1. The van der Waals surface area contributed by atoms with Crippen molar-refractivity contribution in [2.24, 2.45) is 0 Å². The average Bonchev–Trinajstić information content (AvgIpc) is 3.18. The third-order valence-corrected chi connectivity index (χ3v) is 6.12. The zero-order valence-corrected chi connectivity index (χ0v) is 17.4. The topological polar surface area (TPSA) is 62.6 Å². The molecule has 1 fully saturated rings. The minimum absolute atomic E-state index is 0.0370. The normalized spacial score (nSPS) is 16.5. The molecule has 0 radical (unpaired) electrons. The number of amides is 2. The third kappa shape index (κ3) is 3.46. The lowest BCUT2D eigenvalue weighted by molar-refractivity contribution is 0.0636. The van der Waals surface area contributed by atoms with E-state index in [-0.39, 0.29) is 17.9 Å². The van der Waals surface area contributed by atoms with E-state index in [4.69, 9.17) is 4.42 Å². The Balaban J connectivity index is 1.49. The molecule has 0 aliphatic carbocycles. The number of carbonyl (C=O) groups excluding carboxylic acids is 2. The molecule has 1 aliphatic rings. The molecular weight excluding hydrogens is 388 g/mol. The molecule has 0 spiro atoms. The number of furan rings is 1. The summed E-state index contributed by atoms with van der Waals surface area (Å²) in [5.74, 6) is -0.332. The fourth-order valence-electron chi connectivity index (χ4n) is 4.45. The Morgan fingerprint density at radius 3 is 2.52 bits per heavy atom. The maximum Gasteiger partial charge on any atom is 0.259 e. The lowest BCUT2D eigenvalue weighted by Gasteiger charge is -2.33. The van der Waals surface area contributed by atoms with Gasteiger partial charge in [0.15, 0.2) is 0 Å². The molecule has 1 atom stereocenters. The number of para-hydroxylation sites is 3. The van der Waals surface area contributed by atoms with Crippen molar-refractivity contribution in [3.63, 3.8) is 0 Å². The summed E-state index contributed by atoms with van der Waals surface area (Å²) in [4.78, 5) is 28.4. The molecule has 2 amide bonds. The number of rotatable bonds is 3. The second-order valence-electron chi connectivity index (χ2n) is 8.12. The first-order chi connectivity index (χ1) is 15.1. The molecule has 0 saturated carbocycles. The number of nitrogens with one attached hydrogen (secondary N) is 1. The molecule has 156 valence electrons. The van der Waals surface area contributed by atoms with E-state index in [1.807, 2.05) is 53.4 Å². The molecule has 5 nitrogen and oxygen atoms in total. The summed E-state index contributed by atoms with van der Waals surface area (Å²) in [5.41, 5.74) is 2.77. The first-order valence-corrected chi connectivity index (χ1v) is 10.7. The van der Waals surface area contributed by atoms with Crippen molar-refractivity contribution in [2.75, 3.05) is 11.9 Å². The SMILES string of the molecule is C[C@H]1CCCCN1C(=O)c1ccccc1NC(=O)c1cccc2c1oc1ccccc12. The second-order valence-corrected chi connectivity index (χ2v) is 8.12. The summed E-state index contributed by atoms with van der Waals surface area (Å²) in [6, 6.07) is 20.7. The number of benzene rings is 3. The average molecular weight is 412 g/mol. The first-order valence-electron chi connectivity index (χ1n) is 10.7. The lowest BCUT2D eigenvalue weighted by atomic mass is 10.0. The minimum Gasteiger partial charge on any atom is -0.455 e. The van der Waals surface area contributed by atoms with Gasteiger partial charge in [-0.25, -0.2) is 0 Å². The van der Waals surface area contributed by atoms with Gasteiger partial charge < -0.3 is 14.6 Å². The van der Waals surface area contributed by atoms with Crippen LogP contribution in [0.1, 0.15) is 46.9 Å². The summed E-state index contributed by atoms with van der Waals surface area (Å²) in [6.07, 6.45) is 3.16. The molecule has 5 rings (SSSR count). The van der Waals surface area contributed by atoms with Crippen LogP contribution < -0.4 is 5.32 Å². The highest BCUT2D eigenvalue weighted by molar-refractivity contribution is 6.17. The van der Waals surface area contributed by atoms with Crippen LogP contribution in [0.15, 0.2) is 71.1 Å². The van der Waals surface area contributed by atoms with E-state index in [0.29, 0.717) is 22.4 Å². The van der Waals surface area contributed by atoms with Crippen molar-refractivity contribution in [1.82, 2.24) is 4.90 Å². The number of hydrogen-bond acceptors (Lipinski definition) is 3. The largest absolute Gasteiger partial charge is 0.455 e. The Kier molecular flexibility index (Phi) is 4.94. The van der Waals surface area contributed by atoms with Gasteiger partial charge in [-0.05, 0) is 50.5 Å². The molecule has 1 aromatic heterocycles. The minimum atomic E-state index is -0.295. The Hall–Kier alpha value is -3.60. The van der Waals surface area contributed by atoms with Crippen LogP contribution in [0.4, 0.5) is 5.69 Å². The number of carbonyl (C=O) groups is 2. The summed E-state index contributed by atoms with van der Waals surface area (Å²) in [5, 5.41) is 4.82. The van der Waals surface area contributed by atoms with E-state index in [0.717, 1.165) is 42.2 Å². The molecule has 5 heteroatoms. The summed E-state index contributed by atoms with van der Waals surface area (Å²) in [6.45, 7) is 2.83. The zero-order valence-electron chi connectivity index (χ0n) is 17.4. The fraction of sp³-hybridized carbons (Fsp3) is 0.231. The van der Waals surface area contributed by atoms with E-state index >= 15 is 0 Å². The van der Waals surface area contributed by atoms with Crippen molar-refractivity contribution < 1.29 is 14.0 Å². The van der Waals surface area contributed by atoms with E-state index in [1.54, 1.807) is 18.2 Å². The van der Waals surface area contributed by atoms with Crippen molar-refractivity contribution in [2.45, 2.75) is 32.2 Å². The number of likely N-dealkylation sites (tertiary alicyclic amines) is 1. The van der Waals surface area contributed by atoms with Gasteiger partial charge in [-0.1, -0.05) is 42.5 Å². The predicted octanol–water partition coefficient (Wildman–Crippen LogP) is 5.85. The van der Waals surface area contributed by atoms with Gasteiger partial charge in [-0.2, -0.15) is 0 Å². The number of nitrogens with zero attached hydrogens (tertiary/aromatic N) is 1. The number of hydrogen-bond donors (Lipinski definition) is 1. The molecule has 31 heavy (non-hydrogen) atoms. The van der Waals surface area contributed by atoms with Gasteiger partial charge in [-0.15, -0.1) is 0 Å².